The smallest absolute Gasteiger partial charge is 0.260 e. The average molecular weight is 606 g/mol. The molecule has 2 atom stereocenters. The Morgan fingerprint density at radius 3 is 2.32 bits per heavy atom. The molecule has 5 aromatic rings. The Morgan fingerprint density at radius 2 is 1.59 bits per heavy atom. The molecule has 4 heterocycles. The summed E-state index contributed by atoms with van der Waals surface area (Å²) in [5, 5.41) is 11.2. The lowest BCUT2D eigenvalue weighted by Gasteiger charge is -2.24. The van der Waals surface area contributed by atoms with Gasteiger partial charge in [-0.1, -0.05) is 25.0 Å². The highest BCUT2D eigenvalue weighted by Crippen LogP contribution is 2.32. The Morgan fingerprint density at radius 1 is 0.864 bits per heavy atom. The number of pyridine rings is 2. The third-order valence-corrected chi connectivity index (χ3v) is 9.92. The van der Waals surface area contributed by atoms with Crippen LogP contribution in [0, 0.1) is 0 Å². The molecule has 0 bridgehead atoms. The summed E-state index contributed by atoms with van der Waals surface area (Å²) in [6.45, 7) is 2.07. The van der Waals surface area contributed by atoms with Crippen LogP contribution >= 0.6 is 0 Å². The van der Waals surface area contributed by atoms with Crippen molar-refractivity contribution in [3.05, 3.63) is 95.7 Å². The summed E-state index contributed by atoms with van der Waals surface area (Å²) in [7, 11) is -1.32. The lowest BCUT2D eigenvalue weighted by Crippen LogP contribution is -2.38. The fraction of sp³-hybridized carbons (Fsp3) is 0.294. The molecule has 0 spiro atoms. The molecule has 0 amide bonds. The number of anilines is 3. The molecule has 0 radical (unpaired) electrons. The quantitative estimate of drug-likeness (QED) is 0.196. The van der Waals surface area contributed by atoms with Gasteiger partial charge >= 0.3 is 0 Å². The monoisotopic (exact) mass is 605 g/mol. The first-order valence-electron chi connectivity index (χ1n) is 15.3. The highest BCUT2D eigenvalue weighted by molar-refractivity contribution is 7.85. The fourth-order valence-electron chi connectivity index (χ4n) is 6.23. The largest absolute Gasteiger partial charge is 0.381 e. The van der Waals surface area contributed by atoms with Crippen molar-refractivity contribution < 1.29 is 4.21 Å². The van der Waals surface area contributed by atoms with Crippen molar-refractivity contribution in [2.75, 3.05) is 23.7 Å². The summed E-state index contributed by atoms with van der Waals surface area (Å²) in [4.78, 5) is 28.9. The maximum atomic E-state index is 14.1. The van der Waals surface area contributed by atoms with Gasteiger partial charge in [0.15, 0.2) is 0 Å². The molecule has 2 aliphatic rings. The minimum absolute atomic E-state index is 0.0651. The number of benzene rings is 2. The first-order chi connectivity index (χ1) is 21.6. The predicted molar refractivity (Wildman–Crippen MR) is 175 cm³/mol. The van der Waals surface area contributed by atoms with E-state index in [1.54, 1.807) is 30.7 Å². The van der Waals surface area contributed by atoms with Gasteiger partial charge in [0.2, 0.25) is 5.95 Å². The van der Waals surface area contributed by atoms with Gasteiger partial charge in [-0.3, -0.25) is 14.3 Å². The van der Waals surface area contributed by atoms with Gasteiger partial charge in [0.1, 0.15) is 5.65 Å². The van der Waals surface area contributed by atoms with Gasteiger partial charge in [0, 0.05) is 69.3 Å². The van der Waals surface area contributed by atoms with Crippen LogP contribution in [0.2, 0.25) is 0 Å². The van der Waals surface area contributed by atoms with E-state index in [-0.39, 0.29) is 11.6 Å². The average Bonchev–Trinajstić information content (AvgIpc) is 3.61. The Balaban J connectivity index is 1.18. The van der Waals surface area contributed by atoms with Crippen LogP contribution < -0.4 is 21.5 Å². The summed E-state index contributed by atoms with van der Waals surface area (Å²) < 4.78 is 14.9. The van der Waals surface area contributed by atoms with Gasteiger partial charge in [-0.05, 0) is 92.4 Å². The van der Waals surface area contributed by atoms with Crippen LogP contribution in [-0.2, 0) is 10.8 Å². The van der Waals surface area contributed by atoms with E-state index in [0.29, 0.717) is 33.0 Å². The minimum atomic E-state index is -1.32. The Bertz CT molecular complexity index is 1830. The van der Waals surface area contributed by atoms with Gasteiger partial charge < -0.3 is 16.0 Å². The summed E-state index contributed by atoms with van der Waals surface area (Å²) >= 11 is 0. The number of aromatic nitrogens is 4. The maximum absolute atomic E-state index is 14.1. The number of hydrogen-bond donors (Lipinski definition) is 3. The van der Waals surface area contributed by atoms with Crippen molar-refractivity contribution in [1.82, 2.24) is 24.8 Å². The van der Waals surface area contributed by atoms with Crippen molar-refractivity contribution in [3.8, 4) is 11.1 Å². The van der Waals surface area contributed by atoms with Gasteiger partial charge in [-0.2, -0.15) is 4.98 Å². The number of rotatable bonds is 8. The van der Waals surface area contributed by atoms with Gasteiger partial charge in [-0.25, -0.2) is 9.19 Å². The molecule has 2 fully saturated rings. The van der Waals surface area contributed by atoms with E-state index in [4.69, 9.17) is 4.98 Å². The first kappa shape index (κ1) is 28.4. The predicted octanol–water partition coefficient (Wildman–Crippen LogP) is 6.04. The van der Waals surface area contributed by atoms with Crippen LogP contribution in [0.4, 0.5) is 17.3 Å². The molecule has 9 nitrogen and oxygen atoms in total. The molecule has 1 saturated heterocycles. The van der Waals surface area contributed by atoms with E-state index in [1.165, 1.54) is 12.8 Å². The SMILES string of the molecule is O=c1c(-c2ccc(S(=O)c3ccncc3)cc2)cc2cnc(Nc3ccc(NC4CCCNC4)cc3)nc2n1C1CCCC1. The number of hydrogen-bond acceptors (Lipinski definition) is 8. The van der Waals surface area contributed by atoms with Crippen LogP contribution in [0.5, 0.6) is 0 Å². The van der Waals surface area contributed by atoms with Crippen LogP contribution in [0.3, 0.4) is 0 Å². The van der Waals surface area contributed by atoms with Gasteiger partial charge in [0.05, 0.1) is 10.8 Å². The second kappa shape index (κ2) is 12.7. The third-order valence-electron chi connectivity index (χ3n) is 8.51. The van der Waals surface area contributed by atoms with E-state index in [0.717, 1.165) is 61.1 Å². The van der Waals surface area contributed by atoms with Crippen molar-refractivity contribution in [3.63, 3.8) is 0 Å². The molecule has 7 rings (SSSR count). The topological polar surface area (TPSA) is 114 Å². The summed E-state index contributed by atoms with van der Waals surface area (Å²) in [5.41, 5.74) is 3.91. The molecule has 1 aliphatic carbocycles. The zero-order valence-electron chi connectivity index (χ0n) is 24.4. The third kappa shape index (κ3) is 6.00. The Kier molecular flexibility index (Phi) is 8.17. The fourth-order valence-corrected chi connectivity index (χ4v) is 7.26. The van der Waals surface area contributed by atoms with E-state index < -0.39 is 10.8 Å². The Hall–Kier alpha value is -4.41. The van der Waals surface area contributed by atoms with Crippen LogP contribution in [0.25, 0.3) is 22.2 Å². The molecule has 3 N–H and O–H groups in total. The number of piperidine rings is 1. The van der Waals surface area contributed by atoms with E-state index in [2.05, 4.69) is 38.1 Å². The molecular formula is C34H35N7O2S. The Labute approximate surface area is 258 Å². The lowest BCUT2D eigenvalue weighted by molar-refractivity contribution is 0.480. The zero-order chi connectivity index (χ0) is 29.9. The molecular weight excluding hydrogens is 570 g/mol. The van der Waals surface area contributed by atoms with E-state index in [1.807, 2.05) is 47.0 Å². The highest BCUT2D eigenvalue weighted by Gasteiger charge is 2.23. The molecule has 44 heavy (non-hydrogen) atoms. The molecule has 2 unspecified atom stereocenters. The number of nitrogens with zero attached hydrogens (tertiary/aromatic N) is 4. The summed E-state index contributed by atoms with van der Waals surface area (Å²) in [6, 6.07) is 21.5. The summed E-state index contributed by atoms with van der Waals surface area (Å²) in [6.07, 6.45) is 11.5. The second-order valence-corrected chi connectivity index (χ2v) is 13.0. The van der Waals surface area contributed by atoms with Crippen LogP contribution in [0.1, 0.15) is 44.6 Å². The molecule has 1 aliphatic heterocycles. The highest BCUT2D eigenvalue weighted by atomic mass is 32.2. The first-order valence-corrected chi connectivity index (χ1v) is 16.5. The number of nitrogens with one attached hydrogen (secondary N) is 3. The summed E-state index contributed by atoms with van der Waals surface area (Å²) in [5.74, 6) is 0.455. The molecule has 10 heteroatoms. The minimum Gasteiger partial charge on any atom is -0.381 e. The van der Waals surface area contributed by atoms with Crippen molar-refractivity contribution in [2.24, 2.45) is 0 Å². The second-order valence-electron chi connectivity index (χ2n) is 11.5. The van der Waals surface area contributed by atoms with Crippen molar-refractivity contribution in [2.45, 2.75) is 60.4 Å². The zero-order valence-corrected chi connectivity index (χ0v) is 25.2. The molecule has 2 aromatic carbocycles. The van der Waals surface area contributed by atoms with Crippen LogP contribution in [0.15, 0.2) is 99.9 Å². The normalized spacial score (nSPS) is 17.9. The van der Waals surface area contributed by atoms with Gasteiger partial charge in [-0.15, -0.1) is 0 Å². The van der Waals surface area contributed by atoms with Gasteiger partial charge in [0.25, 0.3) is 5.56 Å². The molecule has 1 saturated carbocycles. The van der Waals surface area contributed by atoms with E-state index >= 15 is 0 Å². The van der Waals surface area contributed by atoms with Crippen molar-refractivity contribution in [1.29, 1.82) is 0 Å². The maximum Gasteiger partial charge on any atom is 0.260 e. The van der Waals surface area contributed by atoms with Crippen LogP contribution in [-0.4, -0.2) is 42.9 Å². The standard InChI is InChI=1S/C34H35N7O2S/c42-33-31(23-7-13-29(14-8-23)44(43)30-15-18-35-19-16-30)20-24-21-37-34(40-32(24)41(33)28-5-1-2-6-28)39-26-11-9-25(10-12-26)38-27-4-3-17-36-22-27/h7-16,18-21,27-28,36,38H,1-6,17,22H2,(H,37,39,40). The van der Waals surface area contributed by atoms with Crippen molar-refractivity contribution >= 4 is 39.2 Å². The van der Waals surface area contributed by atoms with E-state index in [9.17, 15) is 9.00 Å². The number of fused-ring (bicyclic) bond motifs is 1. The lowest BCUT2D eigenvalue weighted by atomic mass is 10.1. The molecule has 3 aromatic heterocycles. The molecule has 224 valence electrons.